The second kappa shape index (κ2) is 6.16. The van der Waals surface area contributed by atoms with Gasteiger partial charge in [-0.05, 0) is 52.3 Å². The minimum absolute atomic E-state index is 0.0766. The van der Waals surface area contributed by atoms with Gasteiger partial charge in [0.1, 0.15) is 5.75 Å². The van der Waals surface area contributed by atoms with Crippen LogP contribution in [0.5, 0.6) is 5.75 Å². The first kappa shape index (κ1) is 19.0. The van der Waals surface area contributed by atoms with Crippen LogP contribution in [0.25, 0.3) is 0 Å². The molecular formula is C17H21BF3NO4. The number of anilines is 1. The summed E-state index contributed by atoms with van der Waals surface area (Å²) in [6.45, 7) is 7.91. The van der Waals surface area contributed by atoms with Crippen molar-refractivity contribution >= 4 is 24.2 Å². The third-order valence-corrected chi connectivity index (χ3v) is 5.10. The van der Waals surface area contributed by atoms with Gasteiger partial charge in [0.15, 0.2) is 0 Å². The number of nitrogens with zero attached hydrogens (tertiary/aromatic N) is 1. The van der Waals surface area contributed by atoms with E-state index in [4.69, 9.17) is 9.31 Å². The molecule has 2 aliphatic rings. The average molecular weight is 371 g/mol. The topological polar surface area (TPSA) is 48.0 Å². The molecule has 1 aromatic carbocycles. The molecule has 5 nitrogen and oxygen atoms in total. The smallest absolute Gasteiger partial charge is 0.406 e. The van der Waals surface area contributed by atoms with E-state index in [9.17, 15) is 18.0 Å². The van der Waals surface area contributed by atoms with Crippen LogP contribution >= 0.6 is 0 Å². The summed E-state index contributed by atoms with van der Waals surface area (Å²) in [5, 5.41) is 0. The van der Waals surface area contributed by atoms with Crippen molar-refractivity contribution in [2.24, 2.45) is 0 Å². The predicted octanol–water partition coefficient (Wildman–Crippen LogP) is 3.01. The summed E-state index contributed by atoms with van der Waals surface area (Å²) in [6.07, 6.45) is -3.70. The molecule has 0 N–H and O–H groups in total. The van der Waals surface area contributed by atoms with E-state index in [0.29, 0.717) is 30.5 Å². The van der Waals surface area contributed by atoms with Gasteiger partial charge in [-0.3, -0.25) is 4.79 Å². The van der Waals surface area contributed by atoms with Crippen LogP contribution in [-0.4, -0.2) is 37.1 Å². The van der Waals surface area contributed by atoms with Crippen LogP contribution in [0.1, 0.15) is 40.5 Å². The van der Waals surface area contributed by atoms with Gasteiger partial charge in [-0.15, -0.1) is 13.2 Å². The van der Waals surface area contributed by atoms with Crippen molar-refractivity contribution in [2.45, 2.75) is 58.1 Å². The molecule has 2 saturated heterocycles. The number of carbonyl (C=O) groups excluding carboxylic acids is 1. The van der Waals surface area contributed by atoms with E-state index < -0.39 is 24.7 Å². The second-order valence-corrected chi connectivity index (χ2v) is 7.51. The number of alkyl halides is 3. The van der Waals surface area contributed by atoms with Crippen LogP contribution in [0, 0.1) is 0 Å². The Labute approximate surface area is 150 Å². The lowest BCUT2D eigenvalue weighted by Crippen LogP contribution is -2.41. The molecule has 2 aliphatic heterocycles. The molecule has 9 heteroatoms. The first-order valence-electron chi connectivity index (χ1n) is 8.45. The summed E-state index contributed by atoms with van der Waals surface area (Å²) < 4.78 is 53.8. The van der Waals surface area contributed by atoms with Crippen molar-refractivity contribution in [1.29, 1.82) is 0 Å². The third-order valence-electron chi connectivity index (χ3n) is 5.10. The zero-order chi connectivity index (χ0) is 19.3. The lowest BCUT2D eigenvalue weighted by atomic mass is 9.77. The highest BCUT2D eigenvalue weighted by atomic mass is 19.4. The highest BCUT2D eigenvalue weighted by Gasteiger charge is 2.53. The maximum atomic E-state index is 12.6. The molecule has 0 aliphatic carbocycles. The maximum absolute atomic E-state index is 12.6. The summed E-state index contributed by atoms with van der Waals surface area (Å²) in [5.41, 5.74) is -0.489. The Balaban J connectivity index is 2.02. The van der Waals surface area contributed by atoms with Gasteiger partial charge in [-0.25, -0.2) is 0 Å². The lowest BCUT2D eigenvalue weighted by Gasteiger charge is -2.32. The van der Waals surface area contributed by atoms with Crippen molar-refractivity contribution in [3.63, 3.8) is 0 Å². The molecule has 2 heterocycles. The third kappa shape index (κ3) is 3.55. The quantitative estimate of drug-likeness (QED) is 0.767. The van der Waals surface area contributed by atoms with Crippen LogP contribution in [0.3, 0.4) is 0 Å². The van der Waals surface area contributed by atoms with Crippen molar-refractivity contribution < 1.29 is 32.0 Å². The lowest BCUT2D eigenvalue weighted by molar-refractivity contribution is -0.274. The van der Waals surface area contributed by atoms with Gasteiger partial charge in [0.05, 0.1) is 11.2 Å². The minimum Gasteiger partial charge on any atom is -0.406 e. The molecule has 0 radical (unpaired) electrons. The van der Waals surface area contributed by atoms with Crippen LogP contribution in [0.2, 0.25) is 0 Å². The fraction of sp³-hybridized carbons (Fsp3) is 0.588. The van der Waals surface area contributed by atoms with Gasteiger partial charge in [0, 0.05) is 24.1 Å². The Morgan fingerprint density at radius 2 is 1.77 bits per heavy atom. The first-order chi connectivity index (χ1) is 11.9. The van der Waals surface area contributed by atoms with Crippen molar-refractivity contribution in [3.05, 3.63) is 18.2 Å². The molecule has 0 atom stereocenters. The number of ether oxygens (including phenoxy) is 1. The zero-order valence-electron chi connectivity index (χ0n) is 15.1. The number of halogens is 3. The zero-order valence-corrected chi connectivity index (χ0v) is 15.1. The van der Waals surface area contributed by atoms with Crippen molar-refractivity contribution in [2.75, 3.05) is 11.4 Å². The SMILES string of the molecule is CC1(C)OB(c2cc(OC(F)(F)F)ccc2N2CCCC2=O)OC1(C)C. The fourth-order valence-electron chi connectivity index (χ4n) is 3.04. The van der Waals surface area contributed by atoms with E-state index in [1.165, 1.54) is 18.2 Å². The van der Waals surface area contributed by atoms with Crippen LogP contribution in [-0.2, 0) is 14.1 Å². The highest BCUT2D eigenvalue weighted by Crippen LogP contribution is 2.38. The Kier molecular flexibility index (Phi) is 4.51. The second-order valence-electron chi connectivity index (χ2n) is 7.51. The molecule has 0 bridgehead atoms. The van der Waals surface area contributed by atoms with E-state index in [0.717, 1.165) is 0 Å². The normalized spacial score (nSPS) is 22.2. The molecule has 0 aromatic heterocycles. The van der Waals surface area contributed by atoms with Gasteiger partial charge in [-0.1, -0.05) is 0 Å². The predicted molar refractivity (Wildman–Crippen MR) is 90.4 cm³/mol. The van der Waals surface area contributed by atoms with E-state index in [-0.39, 0.29) is 11.7 Å². The van der Waals surface area contributed by atoms with E-state index in [1.54, 1.807) is 4.90 Å². The molecule has 3 rings (SSSR count). The van der Waals surface area contributed by atoms with Crippen LogP contribution in [0.15, 0.2) is 18.2 Å². The summed E-state index contributed by atoms with van der Waals surface area (Å²) in [4.78, 5) is 13.7. The molecule has 2 fully saturated rings. The van der Waals surface area contributed by atoms with Gasteiger partial charge in [-0.2, -0.15) is 0 Å². The number of hydrogen-bond acceptors (Lipinski definition) is 4. The fourth-order valence-corrected chi connectivity index (χ4v) is 3.04. The summed E-state index contributed by atoms with van der Waals surface area (Å²) in [5.74, 6) is -0.454. The van der Waals surface area contributed by atoms with E-state index in [2.05, 4.69) is 4.74 Å². The van der Waals surface area contributed by atoms with Gasteiger partial charge < -0.3 is 18.9 Å². The maximum Gasteiger partial charge on any atom is 0.573 e. The van der Waals surface area contributed by atoms with Crippen molar-refractivity contribution in [1.82, 2.24) is 0 Å². The minimum atomic E-state index is -4.81. The van der Waals surface area contributed by atoms with Gasteiger partial charge >= 0.3 is 13.5 Å². The Morgan fingerprint density at radius 1 is 1.15 bits per heavy atom. The van der Waals surface area contributed by atoms with E-state index in [1.807, 2.05) is 27.7 Å². The molecule has 0 spiro atoms. The molecule has 1 amide bonds. The molecular weight excluding hydrogens is 350 g/mol. The van der Waals surface area contributed by atoms with Gasteiger partial charge in [0.25, 0.3) is 0 Å². The average Bonchev–Trinajstić information content (AvgIpc) is 2.98. The van der Waals surface area contributed by atoms with Gasteiger partial charge in [0.2, 0.25) is 5.91 Å². The molecule has 26 heavy (non-hydrogen) atoms. The summed E-state index contributed by atoms with van der Waals surface area (Å²) >= 11 is 0. The Hall–Kier alpha value is -1.74. The molecule has 0 unspecified atom stereocenters. The number of rotatable bonds is 3. The molecule has 0 saturated carbocycles. The van der Waals surface area contributed by atoms with E-state index >= 15 is 0 Å². The largest absolute Gasteiger partial charge is 0.573 e. The summed E-state index contributed by atoms with van der Waals surface area (Å²) in [7, 11) is -0.903. The van der Waals surface area contributed by atoms with Crippen LogP contribution < -0.4 is 15.1 Å². The monoisotopic (exact) mass is 371 g/mol. The standard InChI is InChI=1S/C17H21BF3NO4/c1-15(2)16(3,4)26-18(25-15)12-10-11(24-17(19,20)21)7-8-13(12)22-9-5-6-14(22)23/h7-8,10H,5-6,9H2,1-4H3. The number of hydrogen-bond donors (Lipinski definition) is 0. The Morgan fingerprint density at radius 3 is 2.27 bits per heavy atom. The number of benzene rings is 1. The van der Waals surface area contributed by atoms with Crippen LogP contribution in [0.4, 0.5) is 18.9 Å². The summed E-state index contributed by atoms with van der Waals surface area (Å²) in [6, 6.07) is 3.88. The number of amides is 1. The molecule has 1 aromatic rings. The highest BCUT2D eigenvalue weighted by molar-refractivity contribution is 6.64. The Bertz CT molecular complexity index is 704. The first-order valence-corrected chi connectivity index (χ1v) is 8.45. The van der Waals surface area contributed by atoms with Crippen molar-refractivity contribution in [3.8, 4) is 5.75 Å². The number of carbonyl (C=O) groups is 1. The molecule has 142 valence electrons.